The van der Waals surface area contributed by atoms with Crippen molar-refractivity contribution in [1.82, 2.24) is 10.2 Å². The summed E-state index contributed by atoms with van der Waals surface area (Å²) in [5.74, 6) is 0.873. The Labute approximate surface area is 167 Å². The van der Waals surface area contributed by atoms with Gasteiger partial charge in [0.25, 0.3) is 0 Å². The first-order chi connectivity index (χ1) is 12.7. The number of hydrogen-bond donors (Lipinski definition) is 2. The molecule has 0 aromatic heterocycles. The largest absolute Gasteiger partial charge is 0.496 e. The number of halogens is 1. The molecule has 146 valence electrons. The van der Waals surface area contributed by atoms with Crippen molar-refractivity contribution in [1.29, 1.82) is 0 Å². The molecule has 1 amide bonds. The number of para-hydroxylation sites is 1. The van der Waals surface area contributed by atoms with Gasteiger partial charge < -0.3 is 15.4 Å². The van der Waals surface area contributed by atoms with Crippen molar-refractivity contribution in [3.63, 3.8) is 0 Å². The van der Waals surface area contributed by atoms with E-state index in [0.29, 0.717) is 6.54 Å². The summed E-state index contributed by atoms with van der Waals surface area (Å²) in [6.45, 7) is 4.99. The molecule has 1 atom stereocenters. The third-order valence-corrected chi connectivity index (χ3v) is 4.84. The van der Waals surface area contributed by atoms with Crippen molar-refractivity contribution in [2.45, 2.75) is 19.4 Å². The normalized spacial score (nSPS) is 17.0. The number of nitrogens with one attached hydrogen (secondary N) is 2. The Hall–Kier alpha value is -2.08. The van der Waals surface area contributed by atoms with Gasteiger partial charge in [0.1, 0.15) is 5.75 Å². The number of piperazine rings is 1. The van der Waals surface area contributed by atoms with Crippen LogP contribution in [-0.4, -0.2) is 44.1 Å². The van der Waals surface area contributed by atoms with Gasteiger partial charge in [0.05, 0.1) is 19.7 Å². The predicted octanol–water partition coefficient (Wildman–Crippen LogP) is 3.26. The van der Waals surface area contributed by atoms with E-state index in [1.54, 1.807) is 7.11 Å². The molecule has 0 radical (unpaired) electrons. The van der Waals surface area contributed by atoms with Crippen LogP contribution in [0.25, 0.3) is 0 Å². The predicted molar refractivity (Wildman–Crippen MR) is 112 cm³/mol. The maximum atomic E-state index is 12.6. The Balaban J connectivity index is 0.00000261. The second-order valence-electron chi connectivity index (χ2n) is 6.53. The zero-order chi connectivity index (χ0) is 18.4. The molecule has 1 aliphatic heterocycles. The standard InChI is InChI=1S/C21H27N3O2.ClH/c1-3-16-8-10-17(11-9-16)23-21(25)15-24-13-12-22-14-19(24)18-6-4-5-7-20(18)26-2;/h4-11,19,22H,3,12-15H2,1-2H3,(H,23,25);1H. The average molecular weight is 390 g/mol. The zero-order valence-corrected chi connectivity index (χ0v) is 16.7. The van der Waals surface area contributed by atoms with Crippen molar-refractivity contribution >= 4 is 24.0 Å². The number of carbonyl (C=O) groups is 1. The fraction of sp³-hybridized carbons (Fsp3) is 0.381. The molecule has 6 heteroatoms. The minimum absolute atomic E-state index is 0. The van der Waals surface area contributed by atoms with Crippen molar-refractivity contribution < 1.29 is 9.53 Å². The quantitative estimate of drug-likeness (QED) is 0.796. The van der Waals surface area contributed by atoms with Gasteiger partial charge in [-0.2, -0.15) is 0 Å². The molecule has 5 nitrogen and oxygen atoms in total. The van der Waals surface area contributed by atoms with Gasteiger partial charge in [-0.25, -0.2) is 0 Å². The van der Waals surface area contributed by atoms with Crippen LogP contribution in [0.5, 0.6) is 5.75 Å². The Kier molecular flexibility index (Phi) is 8.10. The summed E-state index contributed by atoms with van der Waals surface area (Å²) in [6, 6.07) is 16.2. The highest BCUT2D eigenvalue weighted by molar-refractivity contribution is 5.92. The smallest absolute Gasteiger partial charge is 0.238 e. The Morgan fingerprint density at radius 3 is 2.67 bits per heavy atom. The van der Waals surface area contributed by atoms with Crippen molar-refractivity contribution in [2.75, 3.05) is 38.6 Å². The lowest BCUT2D eigenvalue weighted by Gasteiger charge is -2.36. The van der Waals surface area contributed by atoms with E-state index >= 15 is 0 Å². The van der Waals surface area contributed by atoms with E-state index < -0.39 is 0 Å². The third kappa shape index (κ3) is 5.45. The van der Waals surface area contributed by atoms with E-state index in [-0.39, 0.29) is 24.4 Å². The minimum Gasteiger partial charge on any atom is -0.496 e. The van der Waals surface area contributed by atoms with E-state index in [9.17, 15) is 4.79 Å². The first-order valence-electron chi connectivity index (χ1n) is 9.17. The van der Waals surface area contributed by atoms with Crippen molar-refractivity contribution in [2.24, 2.45) is 0 Å². The van der Waals surface area contributed by atoms with Crippen LogP contribution in [0, 0.1) is 0 Å². The fourth-order valence-corrected chi connectivity index (χ4v) is 3.39. The van der Waals surface area contributed by atoms with Gasteiger partial charge in [0, 0.05) is 30.9 Å². The van der Waals surface area contributed by atoms with Gasteiger partial charge in [-0.15, -0.1) is 12.4 Å². The molecule has 1 aliphatic rings. The maximum Gasteiger partial charge on any atom is 0.238 e. The summed E-state index contributed by atoms with van der Waals surface area (Å²) < 4.78 is 5.51. The van der Waals surface area contributed by atoms with Gasteiger partial charge in [-0.05, 0) is 30.2 Å². The number of anilines is 1. The van der Waals surface area contributed by atoms with E-state index in [4.69, 9.17) is 4.74 Å². The maximum absolute atomic E-state index is 12.6. The lowest BCUT2D eigenvalue weighted by atomic mass is 10.0. The van der Waals surface area contributed by atoms with Crippen LogP contribution in [0.15, 0.2) is 48.5 Å². The lowest BCUT2D eigenvalue weighted by molar-refractivity contribution is -0.118. The fourth-order valence-electron chi connectivity index (χ4n) is 3.39. The Bertz CT molecular complexity index is 736. The molecule has 0 aliphatic carbocycles. The van der Waals surface area contributed by atoms with Gasteiger partial charge in [0.15, 0.2) is 0 Å². The average Bonchev–Trinajstić information content (AvgIpc) is 2.69. The molecule has 1 heterocycles. The highest BCUT2D eigenvalue weighted by Crippen LogP contribution is 2.29. The van der Waals surface area contributed by atoms with Gasteiger partial charge >= 0.3 is 0 Å². The summed E-state index contributed by atoms with van der Waals surface area (Å²) in [7, 11) is 1.69. The number of methoxy groups -OCH3 is 1. The summed E-state index contributed by atoms with van der Waals surface area (Å²) in [4.78, 5) is 14.8. The van der Waals surface area contributed by atoms with Crippen molar-refractivity contribution in [3.05, 3.63) is 59.7 Å². The number of benzene rings is 2. The van der Waals surface area contributed by atoms with Crippen LogP contribution in [-0.2, 0) is 11.2 Å². The van der Waals surface area contributed by atoms with Crippen LogP contribution in [0.1, 0.15) is 24.1 Å². The lowest BCUT2D eigenvalue weighted by Crippen LogP contribution is -2.48. The Morgan fingerprint density at radius 2 is 1.96 bits per heavy atom. The van der Waals surface area contributed by atoms with Crippen LogP contribution in [0.3, 0.4) is 0 Å². The molecule has 0 spiro atoms. The molecular formula is C21H28ClN3O2. The first kappa shape index (κ1) is 21.2. The summed E-state index contributed by atoms with van der Waals surface area (Å²) >= 11 is 0. The molecule has 1 saturated heterocycles. The van der Waals surface area contributed by atoms with Crippen LogP contribution in [0.4, 0.5) is 5.69 Å². The minimum atomic E-state index is 0. The van der Waals surface area contributed by atoms with Gasteiger partial charge in [-0.3, -0.25) is 9.69 Å². The molecular weight excluding hydrogens is 362 g/mol. The summed E-state index contributed by atoms with van der Waals surface area (Å²) in [6.07, 6.45) is 0.996. The number of aryl methyl sites for hydroxylation is 1. The first-order valence-corrected chi connectivity index (χ1v) is 9.17. The van der Waals surface area contributed by atoms with Gasteiger partial charge in [-0.1, -0.05) is 37.3 Å². The molecule has 1 unspecified atom stereocenters. The third-order valence-electron chi connectivity index (χ3n) is 4.84. The molecule has 2 N–H and O–H groups in total. The molecule has 1 fully saturated rings. The Morgan fingerprint density at radius 1 is 1.22 bits per heavy atom. The van der Waals surface area contributed by atoms with E-state index in [1.807, 2.05) is 30.3 Å². The van der Waals surface area contributed by atoms with Gasteiger partial charge in [0.2, 0.25) is 5.91 Å². The monoisotopic (exact) mass is 389 g/mol. The molecule has 2 aromatic rings. The van der Waals surface area contributed by atoms with E-state index in [0.717, 1.165) is 43.1 Å². The molecule has 27 heavy (non-hydrogen) atoms. The second-order valence-corrected chi connectivity index (χ2v) is 6.53. The number of rotatable bonds is 6. The van der Waals surface area contributed by atoms with E-state index in [2.05, 4.69) is 40.7 Å². The SMILES string of the molecule is CCc1ccc(NC(=O)CN2CCNCC2c2ccccc2OC)cc1.Cl. The number of carbonyl (C=O) groups excluding carboxylic acids is 1. The van der Waals surface area contributed by atoms with Crippen LogP contribution >= 0.6 is 12.4 Å². The number of amides is 1. The molecule has 3 rings (SSSR count). The summed E-state index contributed by atoms with van der Waals surface area (Å²) in [5, 5.41) is 6.43. The molecule has 0 bridgehead atoms. The van der Waals surface area contributed by atoms with Crippen LogP contribution in [0.2, 0.25) is 0 Å². The van der Waals surface area contributed by atoms with Crippen LogP contribution < -0.4 is 15.4 Å². The molecule has 2 aromatic carbocycles. The zero-order valence-electron chi connectivity index (χ0n) is 15.9. The summed E-state index contributed by atoms with van der Waals surface area (Å²) in [5.41, 5.74) is 3.22. The molecule has 0 saturated carbocycles. The number of nitrogens with zero attached hydrogens (tertiary/aromatic N) is 1. The number of hydrogen-bond acceptors (Lipinski definition) is 4. The number of ether oxygens (including phenoxy) is 1. The highest BCUT2D eigenvalue weighted by atomic mass is 35.5. The topological polar surface area (TPSA) is 53.6 Å². The van der Waals surface area contributed by atoms with Crippen molar-refractivity contribution in [3.8, 4) is 5.75 Å². The highest BCUT2D eigenvalue weighted by Gasteiger charge is 2.27. The van der Waals surface area contributed by atoms with E-state index in [1.165, 1.54) is 5.56 Å². The second kappa shape index (κ2) is 10.3.